The van der Waals surface area contributed by atoms with Crippen molar-refractivity contribution in [3.8, 4) is 0 Å². The molecule has 49 heavy (non-hydrogen) atoms. The quantitative estimate of drug-likeness (QED) is 0.199. The van der Waals surface area contributed by atoms with Crippen molar-refractivity contribution >= 4 is 33.8 Å². The molecule has 13 nitrogen and oxygen atoms in total. The highest BCUT2D eigenvalue weighted by atomic mass is 32.2. The lowest BCUT2D eigenvalue weighted by atomic mass is 9.81. The van der Waals surface area contributed by atoms with E-state index in [-0.39, 0.29) is 36.7 Å². The molecule has 0 bridgehead atoms. The molecule has 5 rings (SSSR count). The van der Waals surface area contributed by atoms with Crippen LogP contribution in [0.5, 0.6) is 0 Å². The number of hydroxylamine groups is 1. The van der Waals surface area contributed by atoms with Crippen LogP contribution in [0.3, 0.4) is 0 Å². The number of nitrogens with zero attached hydrogens (tertiary/aromatic N) is 2. The highest BCUT2D eigenvalue weighted by Gasteiger charge is 2.54. The largest absolute Gasteiger partial charge is 0.350 e. The summed E-state index contributed by atoms with van der Waals surface area (Å²) in [5.41, 5.74) is 4.81. The van der Waals surface area contributed by atoms with Crippen LogP contribution in [-0.2, 0) is 40.4 Å². The fourth-order valence-corrected chi connectivity index (χ4v) is 8.22. The molecule has 1 unspecified atom stereocenters. The Balaban J connectivity index is 1.28. The molecule has 3 aliphatic heterocycles. The first-order chi connectivity index (χ1) is 23.5. The Hall–Kier alpha value is -3.85. The number of nitrogens with one attached hydrogen (secondary N) is 3. The van der Waals surface area contributed by atoms with Crippen LogP contribution in [0.4, 0.5) is 4.79 Å². The first-order valence-electron chi connectivity index (χ1n) is 17.1. The number of hydrogen-bond donors (Lipinski definition) is 3. The molecule has 3 aliphatic rings. The van der Waals surface area contributed by atoms with Crippen molar-refractivity contribution in [3.05, 3.63) is 66.2 Å². The van der Waals surface area contributed by atoms with E-state index in [0.29, 0.717) is 43.7 Å². The summed E-state index contributed by atoms with van der Waals surface area (Å²) >= 11 is 0. The van der Waals surface area contributed by atoms with Crippen LogP contribution in [0.2, 0.25) is 0 Å². The molecule has 0 aromatic heterocycles. The number of ether oxygens (including phenoxy) is 1. The minimum Gasteiger partial charge on any atom is -0.350 e. The zero-order chi connectivity index (χ0) is 35.0. The Bertz CT molecular complexity index is 1560. The number of benzene rings is 2. The van der Waals surface area contributed by atoms with Crippen molar-refractivity contribution < 1.29 is 37.2 Å². The topological polar surface area (TPSA) is 163 Å². The third-order valence-electron chi connectivity index (χ3n) is 9.48. The smallest absolute Gasteiger partial charge is 0.344 e. The number of imide groups is 1. The number of rotatable bonds is 14. The molecule has 0 aliphatic carbocycles. The highest BCUT2D eigenvalue weighted by Crippen LogP contribution is 2.32. The van der Waals surface area contributed by atoms with E-state index in [0.717, 1.165) is 18.4 Å². The normalized spacial score (nSPS) is 21.0. The lowest BCUT2D eigenvalue weighted by molar-refractivity contribution is -0.203. The van der Waals surface area contributed by atoms with Gasteiger partial charge in [-0.25, -0.2) is 23.5 Å². The zero-order valence-corrected chi connectivity index (χ0v) is 29.0. The van der Waals surface area contributed by atoms with Crippen molar-refractivity contribution in [1.29, 1.82) is 0 Å². The maximum Gasteiger partial charge on any atom is 0.344 e. The van der Waals surface area contributed by atoms with Gasteiger partial charge in [0.2, 0.25) is 21.8 Å². The second-order valence-electron chi connectivity index (χ2n) is 13.4. The molecule has 2 aromatic rings. The van der Waals surface area contributed by atoms with Crippen molar-refractivity contribution in [2.45, 2.75) is 88.4 Å². The standard InChI is InChI=1S/C35H47N5O8S/c1-25(2)24-29(28(17-11-14-26-12-5-3-6-13-26)32(42)38-48-30-18-9-10-23-47-30)31(41)37-40-33(43)35(36-34(40)44)19-21-39(22-20-35)49(45,46)27-15-7-4-8-16-27/h3-8,12-13,15-16,25,28-30H,9-11,14,17-24H2,1-2H3,(H,36,44)(H,37,41)(H,38,42)/t28-,29+,30?/m0/s1. The molecule has 3 heterocycles. The predicted octanol–water partition coefficient (Wildman–Crippen LogP) is 3.67. The average molecular weight is 698 g/mol. The van der Waals surface area contributed by atoms with Crippen molar-refractivity contribution in [2.75, 3.05) is 19.7 Å². The van der Waals surface area contributed by atoms with Gasteiger partial charge in [-0.05, 0) is 75.0 Å². The molecular formula is C35H47N5O8S. The van der Waals surface area contributed by atoms with Gasteiger partial charge in [-0.1, -0.05) is 62.4 Å². The van der Waals surface area contributed by atoms with Gasteiger partial charge in [0.05, 0.1) is 16.7 Å². The van der Waals surface area contributed by atoms with Crippen molar-refractivity contribution in [2.24, 2.45) is 17.8 Å². The van der Waals surface area contributed by atoms with Gasteiger partial charge in [-0.2, -0.15) is 9.31 Å². The molecule has 0 saturated carbocycles. The Labute approximate surface area is 288 Å². The molecule has 3 saturated heterocycles. The molecule has 3 fully saturated rings. The predicted molar refractivity (Wildman–Crippen MR) is 179 cm³/mol. The van der Waals surface area contributed by atoms with Gasteiger partial charge in [-0.3, -0.25) is 19.8 Å². The lowest BCUT2D eigenvalue weighted by Gasteiger charge is -2.36. The summed E-state index contributed by atoms with van der Waals surface area (Å²) in [5.74, 6) is -3.46. The van der Waals surface area contributed by atoms with Gasteiger partial charge in [0.1, 0.15) is 5.54 Å². The molecule has 0 radical (unpaired) electrons. The lowest BCUT2D eigenvalue weighted by Crippen LogP contribution is -2.57. The summed E-state index contributed by atoms with van der Waals surface area (Å²) < 4.78 is 33.2. The van der Waals surface area contributed by atoms with E-state index in [4.69, 9.17) is 9.57 Å². The van der Waals surface area contributed by atoms with Crippen molar-refractivity contribution in [3.63, 3.8) is 0 Å². The summed E-state index contributed by atoms with van der Waals surface area (Å²) in [6, 6.07) is 17.1. The first kappa shape index (κ1) is 36.4. The highest BCUT2D eigenvalue weighted by molar-refractivity contribution is 7.89. The van der Waals surface area contributed by atoms with E-state index in [9.17, 15) is 27.6 Å². The van der Waals surface area contributed by atoms with E-state index in [1.807, 2.05) is 44.2 Å². The van der Waals surface area contributed by atoms with Crippen LogP contribution in [-0.4, -0.2) is 73.0 Å². The molecular weight excluding hydrogens is 650 g/mol. The zero-order valence-electron chi connectivity index (χ0n) is 28.1. The summed E-state index contributed by atoms with van der Waals surface area (Å²) in [7, 11) is -3.78. The molecule has 14 heteroatoms. The van der Waals surface area contributed by atoms with Gasteiger partial charge in [0.15, 0.2) is 6.29 Å². The van der Waals surface area contributed by atoms with E-state index in [1.165, 1.54) is 16.4 Å². The molecule has 2 aromatic carbocycles. The first-order valence-corrected chi connectivity index (χ1v) is 18.6. The van der Waals surface area contributed by atoms with E-state index in [2.05, 4.69) is 16.2 Å². The Morgan fingerprint density at radius 3 is 2.29 bits per heavy atom. The van der Waals surface area contributed by atoms with Crippen LogP contribution < -0.4 is 16.2 Å². The number of carbonyl (C=O) groups excluding carboxylic acids is 4. The van der Waals surface area contributed by atoms with Crippen LogP contribution in [0.25, 0.3) is 0 Å². The van der Waals surface area contributed by atoms with Crippen LogP contribution in [0.15, 0.2) is 65.6 Å². The number of urea groups is 1. The molecule has 3 N–H and O–H groups in total. The Morgan fingerprint density at radius 1 is 0.980 bits per heavy atom. The molecule has 3 atom stereocenters. The van der Waals surface area contributed by atoms with Crippen LogP contribution >= 0.6 is 0 Å². The Kier molecular flexibility index (Phi) is 12.1. The molecule has 266 valence electrons. The van der Waals surface area contributed by atoms with Crippen LogP contribution in [0, 0.1) is 17.8 Å². The second-order valence-corrected chi connectivity index (χ2v) is 15.4. The third-order valence-corrected chi connectivity index (χ3v) is 11.4. The summed E-state index contributed by atoms with van der Waals surface area (Å²) in [5, 5.41) is 3.40. The van der Waals surface area contributed by atoms with E-state index in [1.54, 1.807) is 18.2 Å². The number of hydrazine groups is 1. The van der Waals surface area contributed by atoms with E-state index >= 15 is 0 Å². The van der Waals surface area contributed by atoms with Gasteiger partial charge in [0.25, 0.3) is 5.91 Å². The Morgan fingerprint density at radius 2 is 1.65 bits per heavy atom. The van der Waals surface area contributed by atoms with Gasteiger partial charge >= 0.3 is 6.03 Å². The van der Waals surface area contributed by atoms with Crippen molar-refractivity contribution in [1.82, 2.24) is 25.5 Å². The van der Waals surface area contributed by atoms with Gasteiger partial charge in [-0.15, -0.1) is 0 Å². The third kappa shape index (κ3) is 8.85. The number of sulfonamides is 1. The summed E-state index contributed by atoms with van der Waals surface area (Å²) in [6.45, 7) is 4.43. The maximum atomic E-state index is 14.0. The maximum absolute atomic E-state index is 14.0. The van der Waals surface area contributed by atoms with Gasteiger partial charge in [0, 0.05) is 26.1 Å². The van der Waals surface area contributed by atoms with Gasteiger partial charge < -0.3 is 10.1 Å². The number of piperidine rings is 1. The number of amides is 5. The summed E-state index contributed by atoms with van der Waals surface area (Å²) in [6.07, 6.45) is 3.95. The number of hydrogen-bond acceptors (Lipinski definition) is 8. The fraction of sp³-hybridized carbons (Fsp3) is 0.543. The molecule has 1 spiro atoms. The minimum absolute atomic E-state index is 0.00751. The summed E-state index contributed by atoms with van der Waals surface area (Å²) in [4.78, 5) is 60.4. The molecule has 5 amide bonds. The second kappa shape index (κ2) is 16.2. The van der Waals surface area contributed by atoms with Crippen LogP contribution in [0.1, 0.15) is 70.8 Å². The SMILES string of the molecule is CC(C)C[C@@H](C(=O)NN1C(=O)NC2(CCN(S(=O)(=O)c3ccccc3)CC2)C1=O)[C@H](CCCc1ccccc1)C(=O)NOC1CCCCO1. The minimum atomic E-state index is -3.78. The number of carbonyl (C=O) groups is 4. The van der Waals surface area contributed by atoms with E-state index < -0.39 is 57.4 Å². The fourth-order valence-electron chi connectivity index (χ4n) is 6.75. The average Bonchev–Trinajstić information content (AvgIpc) is 3.33. The monoisotopic (exact) mass is 697 g/mol. The number of aryl methyl sites for hydroxylation is 1.